The summed E-state index contributed by atoms with van der Waals surface area (Å²) in [6.07, 6.45) is 5.01. The number of carbonyl (C=O) groups is 1. The summed E-state index contributed by atoms with van der Waals surface area (Å²) in [5.74, 6) is -0.237. The molecule has 0 radical (unpaired) electrons. The van der Waals surface area contributed by atoms with Gasteiger partial charge in [0.1, 0.15) is 5.69 Å². The molecule has 0 aliphatic carbocycles. The molecule has 0 saturated heterocycles. The first-order valence-electron chi connectivity index (χ1n) is 5.90. The third-order valence-corrected chi connectivity index (χ3v) is 2.81. The van der Waals surface area contributed by atoms with Crippen LogP contribution in [0.1, 0.15) is 10.5 Å². The Morgan fingerprint density at radius 3 is 2.68 bits per heavy atom. The molecule has 3 rings (SSSR count). The first-order chi connectivity index (χ1) is 9.34. The summed E-state index contributed by atoms with van der Waals surface area (Å²) >= 11 is 0. The van der Waals surface area contributed by atoms with E-state index in [2.05, 4.69) is 15.3 Å². The number of nitrogens with one attached hydrogen (secondary N) is 1. The second-order valence-corrected chi connectivity index (χ2v) is 4.08. The highest BCUT2D eigenvalue weighted by atomic mass is 16.1. The molecule has 0 bridgehead atoms. The van der Waals surface area contributed by atoms with E-state index in [9.17, 15) is 4.79 Å². The third-order valence-electron chi connectivity index (χ3n) is 2.81. The lowest BCUT2D eigenvalue weighted by molar-refractivity contribution is 0.102. The first-order valence-corrected chi connectivity index (χ1v) is 5.90. The van der Waals surface area contributed by atoms with Gasteiger partial charge in [0.2, 0.25) is 0 Å². The molecule has 0 fully saturated rings. The molecular formula is C15H11N3O. The third kappa shape index (κ3) is 2.28. The fraction of sp³-hybridized carbons (Fsp3) is 0. The monoisotopic (exact) mass is 249 g/mol. The molecule has 3 aromatic rings. The van der Waals surface area contributed by atoms with E-state index >= 15 is 0 Å². The zero-order valence-corrected chi connectivity index (χ0v) is 10.1. The number of hydrogen-bond donors (Lipinski definition) is 1. The van der Waals surface area contributed by atoms with Crippen molar-refractivity contribution in [3.8, 4) is 0 Å². The molecule has 4 heteroatoms. The van der Waals surface area contributed by atoms with Crippen LogP contribution in [0.25, 0.3) is 10.8 Å². The Kier molecular flexibility index (Phi) is 2.90. The zero-order valence-electron chi connectivity index (χ0n) is 10.1. The molecule has 0 spiro atoms. The fourth-order valence-electron chi connectivity index (χ4n) is 1.90. The molecule has 4 nitrogen and oxygen atoms in total. The second kappa shape index (κ2) is 4.86. The van der Waals surface area contributed by atoms with Crippen molar-refractivity contribution >= 4 is 22.4 Å². The number of rotatable bonds is 2. The van der Waals surface area contributed by atoms with Gasteiger partial charge in [0.15, 0.2) is 0 Å². The van der Waals surface area contributed by atoms with Crippen molar-refractivity contribution in [1.29, 1.82) is 0 Å². The number of aromatic nitrogens is 2. The molecule has 1 amide bonds. The highest BCUT2D eigenvalue weighted by Gasteiger charge is 2.08. The predicted molar refractivity (Wildman–Crippen MR) is 73.9 cm³/mol. The number of anilines is 1. The normalized spacial score (nSPS) is 10.3. The van der Waals surface area contributed by atoms with E-state index < -0.39 is 0 Å². The lowest BCUT2D eigenvalue weighted by atomic mass is 10.1. The van der Waals surface area contributed by atoms with Gasteiger partial charge in [-0.25, -0.2) is 0 Å². The number of carbonyl (C=O) groups excluding carboxylic acids is 1. The molecule has 2 heterocycles. The number of hydrogen-bond acceptors (Lipinski definition) is 3. The van der Waals surface area contributed by atoms with Gasteiger partial charge in [-0.05, 0) is 12.1 Å². The molecule has 1 N–H and O–H groups in total. The maximum Gasteiger partial charge on any atom is 0.274 e. The van der Waals surface area contributed by atoms with Crippen molar-refractivity contribution in [2.45, 2.75) is 0 Å². The molecule has 0 atom stereocenters. The van der Waals surface area contributed by atoms with Gasteiger partial charge >= 0.3 is 0 Å². The summed E-state index contributed by atoms with van der Waals surface area (Å²) in [4.78, 5) is 20.2. The van der Waals surface area contributed by atoms with Crippen LogP contribution < -0.4 is 5.32 Å². The first kappa shape index (κ1) is 11.3. The van der Waals surface area contributed by atoms with Crippen molar-refractivity contribution in [1.82, 2.24) is 9.97 Å². The lowest BCUT2D eigenvalue weighted by Gasteiger charge is -2.07. The Morgan fingerprint density at radius 2 is 1.84 bits per heavy atom. The average Bonchev–Trinajstić information content (AvgIpc) is 2.48. The summed E-state index contributed by atoms with van der Waals surface area (Å²) in [6, 6.07) is 13.0. The molecule has 0 unspecified atom stereocenters. The van der Waals surface area contributed by atoms with Crippen LogP contribution in [0.5, 0.6) is 0 Å². The zero-order chi connectivity index (χ0) is 13.1. The van der Waals surface area contributed by atoms with Gasteiger partial charge in [0.25, 0.3) is 5.91 Å². The summed E-state index contributed by atoms with van der Waals surface area (Å²) in [6.45, 7) is 0. The van der Waals surface area contributed by atoms with Gasteiger partial charge in [0.05, 0.1) is 11.9 Å². The number of pyridine rings is 2. The fourth-order valence-corrected chi connectivity index (χ4v) is 1.90. The molecule has 1 aromatic carbocycles. The quantitative estimate of drug-likeness (QED) is 0.759. The van der Waals surface area contributed by atoms with Gasteiger partial charge < -0.3 is 5.32 Å². The SMILES string of the molecule is O=C(Nc1cncc2ccccc12)c1ccccn1. The van der Waals surface area contributed by atoms with Crippen LogP contribution in [-0.4, -0.2) is 15.9 Å². The van der Waals surface area contributed by atoms with E-state index in [1.54, 1.807) is 36.8 Å². The summed E-state index contributed by atoms with van der Waals surface area (Å²) in [5.41, 5.74) is 1.07. The number of nitrogens with zero attached hydrogens (tertiary/aromatic N) is 2. The largest absolute Gasteiger partial charge is 0.319 e. The Hall–Kier alpha value is -2.75. The van der Waals surface area contributed by atoms with Crippen molar-refractivity contribution < 1.29 is 4.79 Å². The molecular weight excluding hydrogens is 238 g/mol. The molecule has 2 aromatic heterocycles. The van der Waals surface area contributed by atoms with Crippen molar-refractivity contribution in [3.05, 3.63) is 66.7 Å². The van der Waals surface area contributed by atoms with Gasteiger partial charge in [-0.3, -0.25) is 14.8 Å². The molecule has 92 valence electrons. The molecule has 19 heavy (non-hydrogen) atoms. The van der Waals surface area contributed by atoms with E-state index in [1.807, 2.05) is 24.3 Å². The minimum absolute atomic E-state index is 0.237. The number of fused-ring (bicyclic) bond motifs is 1. The average molecular weight is 249 g/mol. The van der Waals surface area contributed by atoms with Gasteiger partial charge in [-0.15, -0.1) is 0 Å². The maximum absolute atomic E-state index is 12.1. The summed E-state index contributed by atoms with van der Waals surface area (Å²) in [5, 5.41) is 4.78. The standard InChI is InChI=1S/C15H11N3O/c19-15(13-7-3-4-8-17-13)18-14-10-16-9-11-5-1-2-6-12(11)14/h1-10H,(H,18,19). The highest BCUT2D eigenvalue weighted by molar-refractivity contribution is 6.07. The maximum atomic E-state index is 12.1. The van der Waals surface area contributed by atoms with Crippen LogP contribution in [0.2, 0.25) is 0 Å². The Labute approximate surface area is 110 Å². The van der Waals surface area contributed by atoms with Gasteiger partial charge in [0, 0.05) is 23.2 Å². The molecule has 0 saturated carbocycles. The lowest BCUT2D eigenvalue weighted by Crippen LogP contribution is -2.13. The minimum Gasteiger partial charge on any atom is -0.319 e. The number of amides is 1. The van der Waals surface area contributed by atoms with E-state index in [0.29, 0.717) is 11.4 Å². The van der Waals surface area contributed by atoms with Crippen molar-refractivity contribution in [2.24, 2.45) is 0 Å². The number of benzene rings is 1. The smallest absolute Gasteiger partial charge is 0.274 e. The van der Waals surface area contributed by atoms with E-state index in [1.165, 1.54) is 0 Å². The van der Waals surface area contributed by atoms with E-state index in [4.69, 9.17) is 0 Å². The summed E-state index contributed by atoms with van der Waals surface area (Å²) in [7, 11) is 0. The van der Waals surface area contributed by atoms with Crippen LogP contribution in [-0.2, 0) is 0 Å². The highest BCUT2D eigenvalue weighted by Crippen LogP contribution is 2.21. The van der Waals surface area contributed by atoms with Crippen molar-refractivity contribution in [3.63, 3.8) is 0 Å². The van der Waals surface area contributed by atoms with Crippen LogP contribution in [0.4, 0.5) is 5.69 Å². The second-order valence-electron chi connectivity index (χ2n) is 4.08. The van der Waals surface area contributed by atoms with Crippen LogP contribution in [0, 0.1) is 0 Å². The van der Waals surface area contributed by atoms with Crippen LogP contribution in [0.3, 0.4) is 0 Å². The van der Waals surface area contributed by atoms with Crippen LogP contribution in [0.15, 0.2) is 61.1 Å². The summed E-state index contributed by atoms with van der Waals surface area (Å²) < 4.78 is 0. The Morgan fingerprint density at radius 1 is 1.00 bits per heavy atom. The molecule has 0 aliphatic rings. The van der Waals surface area contributed by atoms with E-state index in [-0.39, 0.29) is 5.91 Å². The predicted octanol–water partition coefficient (Wildman–Crippen LogP) is 2.88. The van der Waals surface area contributed by atoms with Gasteiger partial charge in [-0.2, -0.15) is 0 Å². The Bertz CT molecular complexity index is 720. The van der Waals surface area contributed by atoms with Crippen molar-refractivity contribution in [2.75, 3.05) is 5.32 Å². The van der Waals surface area contributed by atoms with Gasteiger partial charge in [-0.1, -0.05) is 30.3 Å². The minimum atomic E-state index is -0.237. The topological polar surface area (TPSA) is 54.9 Å². The Balaban J connectivity index is 1.96. The van der Waals surface area contributed by atoms with E-state index in [0.717, 1.165) is 10.8 Å². The van der Waals surface area contributed by atoms with Crippen LogP contribution >= 0.6 is 0 Å². The molecule has 0 aliphatic heterocycles.